The largest absolute Gasteiger partial charge is 0.368 e. The van der Waals surface area contributed by atoms with Crippen LogP contribution in [0.15, 0.2) is 0 Å². The van der Waals surface area contributed by atoms with E-state index in [9.17, 15) is 13.2 Å². The second kappa shape index (κ2) is 6.33. The quantitative estimate of drug-likeness (QED) is 0.771. The van der Waals surface area contributed by atoms with Crippen LogP contribution in [0.25, 0.3) is 0 Å². The summed E-state index contributed by atoms with van der Waals surface area (Å²) in [6, 6.07) is 0.772. The molecule has 3 fully saturated rings. The number of sulfone groups is 1. The number of amides is 1. The molecule has 0 unspecified atom stereocenters. The molecule has 7 heteroatoms. The molecule has 3 heterocycles. The maximum Gasteiger partial charge on any atom is 0.237 e. The van der Waals surface area contributed by atoms with Crippen LogP contribution in [-0.4, -0.2) is 73.4 Å². The maximum atomic E-state index is 12.0. The number of piperidine rings is 1. The molecule has 0 aromatic carbocycles. The Morgan fingerprint density at radius 3 is 2.70 bits per heavy atom. The van der Waals surface area contributed by atoms with Crippen LogP contribution in [0, 0.1) is 6.42 Å². The Bertz CT molecular complexity index is 547. The highest BCUT2D eigenvalue weighted by atomic mass is 32.2. The van der Waals surface area contributed by atoms with Crippen molar-refractivity contribution in [1.29, 1.82) is 0 Å². The van der Waals surface area contributed by atoms with Gasteiger partial charge in [0.1, 0.15) is 15.4 Å². The lowest BCUT2D eigenvalue weighted by molar-refractivity contribution is -0.130. The number of hydrogen-bond donors (Lipinski definition) is 1. The topological polar surface area (TPSA) is 83.7 Å². The van der Waals surface area contributed by atoms with E-state index in [-0.39, 0.29) is 5.91 Å². The number of rotatable bonds is 5. The number of likely N-dealkylation sites (N-methyl/N-ethyl adjacent to an activating group) is 1. The number of nitrogens with two attached hydrogens (primary N) is 1. The molecule has 0 aromatic rings. The molecule has 3 rings (SSSR count). The zero-order valence-corrected chi connectivity index (χ0v) is 14.7. The van der Waals surface area contributed by atoms with Crippen molar-refractivity contribution in [2.45, 2.75) is 56.1 Å². The summed E-state index contributed by atoms with van der Waals surface area (Å²) >= 11 is 0. The van der Waals surface area contributed by atoms with E-state index in [0.717, 1.165) is 51.6 Å². The van der Waals surface area contributed by atoms with E-state index >= 15 is 0 Å². The standard InChI is InChI=1S/C16H28N3O3S/c1-18(13-5-11-23(21,22)12-6-13)9-10-19-14-3-2-7-16(19,8-4-14)15(17)20/h2,13-14H,3-12H2,1H3,(H2,17,20)/t14-,16+/m0/s1. The monoisotopic (exact) mass is 342 g/mol. The van der Waals surface area contributed by atoms with E-state index in [1.165, 1.54) is 0 Å². The van der Waals surface area contributed by atoms with Crippen LogP contribution in [0.1, 0.15) is 38.5 Å². The fraction of sp³-hybridized carbons (Fsp3) is 0.875. The van der Waals surface area contributed by atoms with Crippen molar-refractivity contribution in [3.8, 4) is 0 Å². The first-order valence-electron chi connectivity index (χ1n) is 8.63. The Morgan fingerprint density at radius 2 is 2.04 bits per heavy atom. The van der Waals surface area contributed by atoms with E-state index in [4.69, 9.17) is 5.73 Å². The van der Waals surface area contributed by atoms with Crippen LogP contribution in [-0.2, 0) is 14.6 Å². The Morgan fingerprint density at radius 1 is 1.35 bits per heavy atom. The highest BCUT2D eigenvalue weighted by Crippen LogP contribution is 2.43. The molecule has 2 bridgehead atoms. The fourth-order valence-electron chi connectivity index (χ4n) is 4.56. The smallest absolute Gasteiger partial charge is 0.237 e. The lowest BCUT2D eigenvalue weighted by Gasteiger charge is -2.43. The molecule has 2 N–H and O–H groups in total. The molecule has 2 atom stereocenters. The molecule has 0 aliphatic carbocycles. The van der Waals surface area contributed by atoms with Gasteiger partial charge in [0.05, 0.1) is 11.5 Å². The van der Waals surface area contributed by atoms with Crippen molar-refractivity contribution in [1.82, 2.24) is 9.80 Å². The molecule has 3 aliphatic heterocycles. The minimum absolute atomic E-state index is 0.192. The minimum atomic E-state index is -2.82. The van der Waals surface area contributed by atoms with Gasteiger partial charge in [0.15, 0.2) is 0 Å². The van der Waals surface area contributed by atoms with E-state index in [1.807, 2.05) is 0 Å². The Kier molecular flexibility index (Phi) is 4.73. The van der Waals surface area contributed by atoms with E-state index in [0.29, 0.717) is 23.6 Å². The normalized spacial score (nSPS) is 34.8. The first-order chi connectivity index (χ1) is 10.8. The highest BCUT2D eigenvalue weighted by molar-refractivity contribution is 7.91. The number of carbonyl (C=O) groups excluding carboxylic acids is 1. The number of primary amides is 1. The summed E-state index contributed by atoms with van der Waals surface area (Å²) in [5.41, 5.74) is 5.26. The van der Waals surface area contributed by atoms with Crippen molar-refractivity contribution in [3.05, 3.63) is 6.42 Å². The highest BCUT2D eigenvalue weighted by Gasteiger charge is 2.52. The van der Waals surface area contributed by atoms with E-state index in [1.54, 1.807) is 0 Å². The van der Waals surface area contributed by atoms with Gasteiger partial charge in [-0.15, -0.1) is 0 Å². The van der Waals surface area contributed by atoms with Gasteiger partial charge in [-0.05, 0) is 52.0 Å². The minimum Gasteiger partial charge on any atom is -0.368 e. The summed E-state index contributed by atoms with van der Waals surface area (Å²) < 4.78 is 23.1. The summed E-state index contributed by atoms with van der Waals surface area (Å²) in [6.45, 7) is 1.69. The number of nitrogens with zero attached hydrogens (tertiary/aromatic N) is 2. The number of hydrogen-bond acceptors (Lipinski definition) is 5. The van der Waals surface area contributed by atoms with Crippen LogP contribution in [0.4, 0.5) is 0 Å². The van der Waals surface area contributed by atoms with Crippen LogP contribution in [0.3, 0.4) is 0 Å². The van der Waals surface area contributed by atoms with Crippen molar-refractivity contribution < 1.29 is 13.2 Å². The molecule has 23 heavy (non-hydrogen) atoms. The van der Waals surface area contributed by atoms with E-state index in [2.05, 4.69) is 23.3 Å². The van der Waals surface area contributed by atoms with Gasteiger partial charge in [0, 0.05) is 25.2 Å². The molecule has 0 saturated carbocycles. The predicted octanol–water partition coefficient (Wildman–Crippen LogP) is 0.182. The molecule has 1 radical (unpaired) electrons. The van der Waals surface area contributed by atoms with Crippen molar-refractivity contribution >= 4 is 15.7 Å². The third kappa shape index (κ3) is 3.28. The molecule has 131 valence electrons. The van der Waals surface area contributed by atoms with Crippen LogP contribution in [0.2, 0.25) is 0 Å². The van der Waals surface area contributed by atoms with Gasteiger partial charge in [0.25, 0.3) is 0 Å². The molecule has 0 aromatic heterocycles. The van der Waals surface area contributed by atoms with Crippen molar-refractivity contribution in [2.24, 2.45) is 5.73 Å². The van der Waals surface area contributed by atoms with Gasteiger partial charge in [-0.1, -0.05) is 0 Å². The predicted molar refractivity (Wildman–Crippen MR) is 89.5 cm³/mol. The first-order valence-corrected chi connectivity index (χ1v) is 10.5. The first kappa shape index (κ1) is 17.2. The third-order valence-corrected chi connectivity index (χ3v) is 7.82. The summed E-state index contributed by atoms with van der Waals surface area (Å²) in [6.07, 6.45) is 7.38. The lowest BCUT2D eigenvalue weighted by atomic mass is 9.87. The molecule has 1 amide bonds. The zero-order chi connectivity index (χ0) is 16.7. The van der Waals surface area contributed by atoms with Crippen molar-refractivity contribution in [2.75, 3.05) is 31.6 Å². The average Bonchev–Trinajstić information content (AvgIpc) is 2.70. The number of fused-ring (bicyclic) bond motifs is 2. The van der Waals surface area contributed by atoms with E-state index < -0.39 is 15.4 Å². The van der Waals surface area contributed by atoms with Gasteiger partial charge in [0.2, 0.25) is 5.91 Å². The molecule has 0 spiro atoms. The SMILES string of the molecule is CN(CCN1[C@H]2C[CH]C[C@]1(C(N)=O)CC2)C1CCS(=O)(=O)CC1. The summed E-state index contributed by atoms with van der Waals surface area (Å²) in [4.78, 5) is 16.6. The van der Waals surface area contributed by atoms with Crippen LogP contribution < -0.4 is 5.73 Å². The Labute approximate surface area is 139 Å². The fourth-order valence-corrected chi connectivity index (χ4v) is 6.03. The lowest BCUT2D eigenvalue weighted by Crippen LogP contribution is -2.59. The van der Waals surface area contributed by atoms with Gasteiger partial charge < -0.3 is 10.6 Å². The molecule has 6 nitrogen and oxygen atoms in total. The summed E-state index contributed by atoms with van der Waals surface area (Å²) in [7, 11) is -0.749. The summed E-state index contributed by atoms with van der Waals surface area (Å²) in [5.74, 6) is 0.408. The van der Waals surface area contributed by atoms with Crippen LogP contribution in [0.5, 0.6) is 0 Å². The molecular weight excluding hydrogens is 314 g/mol. The maximum absolute atomic E-state index is 12.0. The zero-order valence-electron chi connectivity index (χ0n) is 13.9. The van der Waals surface area contributed by atoms with Gasteiger partial charge in [-0.3, -0.25) is 9.69 Å². The van der Waals surface area contributed by atoms with Crippen molar-refractivity contribution in [3.63, 3.8) is 0 Å². The molecular formula is C16H28N3O3S. The van der Waals surface area contributed by atoms with Crippen LogP contribution >= 0.6 is 0 Å². The Hall–Kier alpha value is -0.660. The molecule has 3 aliphatic rings. The van der Waals surface area contributed by atoms with Gasteiger partial charge in [-0.2, -0.15) is 0 Å². The van der Waals surface area contributed by atoms with Gasteiger partial charge in [-0.25, -0.2) is 8.42 Å². The Balaban J connectivity index is 1.58. The average molecular weight is 342 g/mol. The molecule has 3 saturated heterocycles. The third-order valence-electron chi connectivity index (χ3n) is 6.10. The summed E-state index contributed by atoms with van der Waals surface area (Å²) in [5, 5.41) is 0. The van der Waals surface area contributed by atoms with Gasteiger partial charge >= 0.3 is 0 Å². The number of carbonyl (C=O) groups is 1. The second-order valence-corrected chi connectivity index (χ2v) is 9.68. The second-order valence-electron chi connectivity index (χ2n) is 7.37.